The van der Waals surface area contributed by atoms with Gasteiger partial charge in [-0.15, -0.1) is 11.3 Å². The SMILES string of the molecule is CCOc1ccccc1-c1nc(CC)c(CC#N)s1. The minimum absolute atomic E-state index is 0.428. The third-order valence-electron chi connectivity index (χ3n) is 2.77. The van der Waals surface area contributed by atoms with Crippen LogP contribution >= 0.6 is 11.3 Å². The zero-order chi connectivity index (χ0) is 13.7. The molecule has 0 radical (unpaired) electrons. The topological polar surface area (TPSA) is 45.9 Å². The quantitative estimate of drug-likeness (QED) is 0.830. The molecule has 2 aromatic rings. The average Bonchev–Trinajstić information content (AvgIpc) is 2.83. The standard InChI is InChI=1S/C15H16N2OS/c1-3-12-14(9-10-16)19-15(17-12)11-7-5-6-8-13(11)18-4-2/h5-8H,3-4,9H2,1-2H3. The second kappa shape index (κ2) is 6.35. The molecule has 19 heavy (non-hydrogen) atoms. The van der Waals surface area contributed by atoms with Gasteiger partial charge in [0, 0.05) is 4.88 Å². The summed E-state index contributed by atoms with van der Waals surface area (Å²) in [7, 11) is 0. The number of ether oxygens (including phenoxy) is 1. The summed E-state index contributed by atoms with van der Waals surface area (Å²) >= 11 is 1.59. The predicted octanol–water partition coefficient (Wildman–Crippen LogP) is 3.84. The van der Waals surface area contributed by atoms with Crippen molar-refractivity contribution in [3.8, 4) is 22.4 Å². The number of aromatic nitrogens is 1. The van der Waals surface area contributed by atoms with E-state index < -0.39 is 0 Å². The largest absolute Gasteiger partial charge is 0.493 e. The number of hydrogen-bond acceptors (Lipinski definition) is 4. The van der Waals surface area contributed by atoms with Gasteiger partial charge in [0.2, 0.25) is 0 Å². The lowest BCUT2D eigenvalue weighted by atomic mass is 10.2. The summed E-state index contributed by atoms with van der Waals surface area (Å²) in [4.78, 5) is 5.71. The Labute approximate surface area is 117 Å². The molecule has 0 saturated carbocycles. The van der Waals surface area contributed by atoms with Crippen molar-refractivity contribution in [2.24, 2.45) is 0 Å². The Morgan fingerprint density at radius 1 is 1.32 bits per heavy atom. The van der Waals surface area contributed by atoms with Crippen molar-refractivity contribution < 1.29 is 4.74 Å². The van der Waals surface area contributed by atoms with E-state index in [1.807, 2.05) is 31.2 Å². The number of nitrogens with zero attached hydrogens (tertiary/aromatic N) is 2. The summed E-state index contributed by atoms with van der Waals surface area (Å²) in [5.74, 6) is 0.852. The van der Waals surface area contributed by atoms with Gasteiger partial charge >= 0.3 is 0 Å². The van der Waals surface area contributed by atoms with Crippen molar-refractivity contribution >= 4 is 11.3 Å². The summed E-state index contributed by atoms with van der Waals surface area (Å²) in [6.45, 7) is 4.67. The van der Waals surface area contributed by atoms with Gasteiger partial charge in [-0.3, -0.25) is 0 Å². The first-order valence-corrected chi connectivity index (χ1v) is 7.19. The first-order valence-electron chi connectivity index (χ1n) is 6.37. The van der Waals surface area contributed by atoms with Crippen LogP contribution in [-0.2, 0) is 12.8 Å². The molecular formula is C15H16N2OS. The van der Waals surface area contributed by atoms with Crippen LogP contribution in [0.3, 0.4) is 0 Å². The molecule has 0 unspecified atom stereocenters. The first-order chi connectivity index (χ1) is 9.30. The van der Waals surface area contributed by atoms with Gasteiger partial charge < -0.3 is 4.74 Å². The third kappa shape index (κ3) is 2.94. The molecule has 0 saturated heterocycles. The molecule has 0 fully saturated rings. The minimum atomic E-state index is 0.428. The van der Waals surface area contributed by atoms with Gasteiger partial charge in [-0.2, -0.15) is 5.26 Å². The lowest BCUT2D eigenvalue weighted by Crippen LogP contribution is -1.93. The van der Waals surface area contributed by atoms with E-state index in [9.17, 15) is 0 Å². The predicted molar refractivity (Wildman–Crippen MR) is 77.4 cm³/mol. The van der Waals surface area contributed by atoms with Crippen LogP contribution in [0.4, 0.5) is 0 Å². The van der Waals surface area contributed by atoms with Gasteiger partial charge in [-0.25, -0.2) is 4.98 Å². The number of hydrogen-bond donors (Lipinski definition) is 0. The molecule has 0 amide bonds. The highest BCUT2D eigenvalue weighted by Gasteiger charge is 2.14. The highest BCUT2D eigenvalue weighted by Crippen LogP contribution is 2.34. The van der Waals surface area contributed by atoms with Crippen LogP contribution in [0.25, 0.3) is 10.6 Å². The van der Waals surface area contributed by atoms with Crippen LogP contribution in [0.5, 0.6) is 5.75 Å². The number of thiazole rings is 1. The van der Waals surface area contributed by atoms with E-state index >= 15 is 0 Å². The fraction of sp³-hybridized carbons (Fsp3) is 0.333. The molecule has 0 aliphatic rings. The van der Waals surface area contributed by atoms with Crippen LogP contribution < -0.4 is 4.74 Å². The van der Waals surface area contributed by atoms with E-state index in [0.717, 1.165) is 33.3 Å². The molecule has 3 nitrogen and oxygen atoms in total. The fourth-order valence-electron chi connectivity index (χ4n) is 1.91. The molecule has 0 spiro atoms. The maximum atomic E-state index is 8.86. The van der Waals surface area contributed by atoms with Crippen LogP contribution in [-0.4, -0.2) is 11.6 Å². The Morgan fingerprint density at radius 3 is 2.79 bits per heavy atom. The fourth-order valence-corrected chi connectivity index (χ4v) is 3.02. The van der Waals surface area contributed by atoms with Crippen molar-refractivity contribution in [3.05, 3.63) is 34.8 Å². The Balaban J connectivity index is 2.44. The summed E-state index contributed by atoms with van der Waals surface area (Å²) in [5.41, 5.74) is 2.03. The molecular weight excluding hydrogens is 256 g/mol. The van der Waals surface area contributed by atoms with Crippen LogP contribution in [0.2, 0.25) is 0 Å². The van der Waals surface area contributed by atoms with Gasteiger partial charge in [-0.05, 0) is 25.5 Å². The van der Waals surface area contributed by atoms with Crippen molar-refractivity contribution in [3.63, 3.8) is 0 Å². The lowest BCUT2D eigenvalue weighted by molar-refractivity contribution is 0.341. The van der Waals surface area contributed by atoms with Gasteiger partial charge in [0.1, 0.15) is 10.8 Å². The Hall–Kier alpha value is -1.86. The molecule has 1 heterocycles. The number of aryl methyl sites for hydroxylation is 1. The molecule has 0 aliphatic carbocycles. The number of rotatable bonds is 5. The second-order valence-corrected chi connectivity index (χ2v) is 5.09. The molecule has 0 N–H and O–H groups in total. The summed E-state index contributed by atoms with van der Waals surface area (Å²) in [6, 6.07) is 10.1. The Morgan fingerprint density at radius 2 is 2.11 bits per heavy atom. The smallest absolute Gasteiger partial charge is 0.129 e. The van der Waals surface area contributed by atoms with Gasteiger partial charge in [0.05, 0.1) is 30.4 Å². The van der Waals surface area contributed by atoms with E-state index in [-0.39, 0.29) is 0 Å². The normalized spacial score (nSPS) is 10.2. The molecule has 0 atom stereocenters. The zero-order valence-electron chi connectivity index (χ0n) is 11.1. The first kappa shape index (κ1) is 13.6. The molecule has 0 aliphatic heterocycles. The van der Waals surface area contributed by atoms with E-state index in [0.29, 0.717) is 13.0 Å². The lowest BCUT2D eigenvalue weighted by Gasteiger charge is -2.07. The Bertz CT molecular complexity index is 598. The minimum Gasteiger partial charge on any atom is -0.493 e. The van der Waals surface area contributed by atoms with Crippen molar-refractivity contribution in [1.82, 2.24) is 4.98 Å². The van der Waals surface area contributed by atoms with Crippen molar-refractivity contribution in [2.75, 3.05) is 6.61 Å². The van der Waals surface area contributed by atoms with Crippen LogP contribution in [0.15, 0.2) is 24.3 Å². The zero-order valence-corrected chi connectivity index (χ0v) is 12.0. The van der Waals surface area contributed by atoms with E-state index in [2.05, 4.69) is 18.0 Å². The molecule has 4 heteroatoms. The summed E-state index contributed by atoms with van der Waals surface area (Å²) < 4.78 is 5.64. The summed E-state index contributed by atoms with van der Waals surface area (Å²) in [5, 5.41) is 9.80. The summed E-state index contributed by atoms with van der Waals surface area (Å²) in [6.07, 6.45) is 1.28. The van der Waals surface area contributed by atoms with E-state index in [1.165, 1.54) is 0 Å². The highest BCUT2D eigenvalue weighted by atomic mass is 32.1. The molecule has 0 bridgehead atoms. The maximum Gasteiger partial charge on any atom is 0.129 e. The van der Waals surface area contributed by atoms with Crippen LogP contribution in [0.1, 0.15) is 24.4 Å². The van der Waals surface area contributed by atoms with E-state index in [1.54, 1.807) is 11.3 Å². The van der Waals surface area contributed by atoms with Gasteiger partial charge in [-0.1, -0.05) is 19.1 Å². The molecule has 1 aromatic carbocycles. The highest BCUT2D eigenvalue weighted by molar-refractivity contribution is 7.15. The maximum absolute atomic E-state index is 8.86. The molecule has 98 valence electrons. The van der Waals surface area contributed by atoms with Crippen molar-refractivity contribution in [2.45, 2.75) is 26.7 Å². The van der Waals surface area contributed by atoms with E-state index in [4.69, 9.17) is 10.00 Å². The number of benzene rings is 1. The third-order valence-corrected chi connectivity index (χ3v) is 3.90. The van der Waals surface area contributed by atoms with Gasteiger partial charge in [0.15, 0.2) is 0 Å². The monoisotopic (exact) mass is 272 g/mol. The average molecular weight is 272 g/mol. The van der Waals surface area contributed by atoms with Crippen LogP contribution in [0, 0.1) is 11.3 Å². The Kier molecular flexibility index (Phi) is 4.53. The number of nitriles is 1. The van der Waals surface area contributed by atoms with Crippen molar-refractivity contribution in [1.29, 1.82) is 5.26 Å². The van der Waals surface area contributed by atoms with Gasteiger partial charge in [0.25, 0.3) is 0 Å². The second-order valence-electron chi connectivity index (χ2n) is 4.01. The molecule has 1 aromatic heterocycles. The molecule has 2 rings (SSSR count). The number of para-hydroxylation sites is 1.